The number of benzene rings is 1. The minimum absolute atomic E-state index is 0.414. The lowest BCUT2D eigenvalue weighted by Gasteiger charge is -2.14. The highest BCUT2D eigenvalue weighted by atomic mass is 16.4. The van der Waals surface area contributed by atoms with Gasteiger partial charge >= 0.3 is 6.09 Å². The molecule has 0 saturated carbocycles. The van der Waals surface area contributed by atoms with Crippen LogP contribution in [-0.2, 0) is 6.54 Å². The van der Waals surface area contributed by atoms with E-state index in [0.29, 0.717) is 25.2 Å². The molecular weight excluding hydrogens is 258 g/mol. The minimum atomic E-state index is -0.999. The first-order chi connectivity index (χ1) is 9.49. The van der Waals surface area contributed by atoms with Crippen molar-refractivity contribution in [2.75, 3.05) is 31.3 Å². The van der Waals surface area contributed by atoms with Crippen molar-refractivity contribution >= 4 is 28.8 Å². The summed E-state index contributed by atoms with van der Waals surface area (Å²) >= 11 is 0. The largest absolute Gasteiger partial charge is 0.465 e. The van der Waals surface area contributed by atoms with E-state index >= 15 is 0 Å². The summed E-state index contributed by atoms with van der Waals surface area (Å²) in [5.41, 5.74) is 8.30. The predicted octanol–water partition coefficient (Wildman–Crippen LogP) is 1.34. The molecule has 0 aliphatic rings. The van der Waals surface area contributed by atoms with Crippen molar-refractivity contribution in [2.24, 2.45) is 0 Å². The van der Waals surface area contributed by atoms with E-state index in [1.54, 1.807) is 0 Å². The van der Waals surface area contributed by atoms with Crippen molar-refractivity contribution in [3.05, 3.63) is 18.2 Å². The van der Waals surface area contributed by atoms with Gasteiger partial charge in [-0.1, -0.05) is 0 Å². The Labute approximate surface area is 117 Å². The van der Waals surface area contributed by atoms with E-state index in [1.807, 2.05) is 37.2 Å². The standard InChI is InChI=1S/C13H19N5O2/c1-17(2)12-16-10-8-9(14)4-5-11(10)18(12)7-3-6-15-13(19)20/h4-5,8,15H,3,6-7,14H2,1-2H3,(H,19,20). The Hall–Kier alpha value is -2.44. The number of nitrogens with one attached hydrogen (secondary N) is 1. The topological polar surface area (TPSA) is 96.4 Å². The smallest absolute Gasteiger partial charge is 0.404 e. The monoisotopic (exact) mass is 277 g/mol. The van der Waals surface area contributed by atoms with E-state index in [2.05, 4.69) is 14.9 Å². The number of hydrogen-bond donors (Lipinski definition) is 3. The fourth-order valence-electron chi connectivity index (χ4n) is 2.13. The highest BCUT2D eigenvalue weighted by Gasteiger charge is 2.12. The fourth-order valence-corrected chi connectivity index (χ4v) is 2.13. The van der Waals surface area contributed by atoms with Crippen LogP contribution in [0.5, 0.6) is 0 Å². The number of aromatic nitrogens is 2. The highest BCUT2D eigenvalue weighted by Crippen LogP contribution is 2.23. The SMILES string of the molecule is CN(C)c1nc2cc(N)ccc2n1CCCNC(=O)O. The van der Waals surface area contributed by atoms with E-state index in [4.69, 9.17) is 10.8 Å². The van der Waals surface area contributed by atoms with Gasteiger partial charge in [0.25, 0.3) is 0 Å². The number of nitrogens with two attached hydrogens (primary N) is 1. The molecule has 1 amide bonds. The van der Waals surface area contributed by atoms with Crippen LogP contribution in [0.1, 0.15) is 6.42 Å². The second-order valence-corrected chi connectivity index (χ2v) is 4.79. The molecule has 4 N–H and O–H groups in total. The molecule has 0 atom stereocenters. The Balaban J connectivity index is 2.24. The summed E-state index contributed by atoms with van der Waals surface area (Å²) in [6.07, 6.45) is -0.302. The van der Waals surface area contributed by atoms with Gasteiger partial charge in [0.05, 0.1) is 11.0 Å². The normalized spacial score (nSPS) is 10.7. The van der Waals surface area contributed by atoms with E-state index in [-0.39, 0.29) is 0 Å². The molecule has 0 saturated heterocycles. The van der Waals surface area contributed by atoms with Gasteiger partial charge in [0.2, 0.25) is 5.95 Å². The summed E-state index contributed by atoms with van der Waals surface area (Å²) in [5.74, 6) is 0.834. The molecule has 1 aromatic carbocycles. The van der Waals surface area contributed by atoms with E-state index in [0.717, 1.165) is 17.0 Å². The number of anilines is 2. The fraction of sp³-hybridized carbons (Fsp3) is 0.385. The van der Waals surface area contributed by atoms with E-state index in [1.165, 1.54) is 0 Å². The molecule has 0 bridgehead atoms. The molecule has 1 heterocycles. The maximum atomic E-state index is 10.4. The molecule has 0 spiro atoms. The molecule has 2 rings (SSSR count). The molecule has 108 valence electrons. The van der Waals surface area contributed by atoms with Crippen LogP contribution in [0.3, 0.4) is 0 Å². The zero-order chi connectivity index (χ0) is 14.7. The number of amides is 1. The number of imidazole rings is 1. The Kier molecular flexibility index (Phi) is 3.97. The zero-order valence-corrected chi connectivity index (χ0v) is 11.6. The third-order valence-electron chi connectivity index (χ3n) is 2.99. The third kappa shape index (κ3) is 2.93. The average molecular weight is 277 g/mol. The first-order valence-electron chi connectivity index (χ1n) is 6.39. The van der Waals surface area contributed by atoms with Gasteiger partial charge in [-0.2, -0.15) is 0 Å². The van der Waals surface area contributed by atoms with Crippen molar-refractivity contribution in [2.45, 2.75) is 13.0 Å². The number of carboxylic acid groups (broad SMARTS) is 1. The van der Waals surface area contributed by atoms with Gasteiger partial charge in [-0.05, 0) is 24.6 Å². The number of nitrogen functional groups attached to an aromatic ring is 1. The molecule has 7 heteroatoms. The molecule has 2 aromatic rings. The molecule has 0 radical (unpaired) electrons. The highest BCUT2D eigenvalue weighted by molar-refractivity contribution is 5.82. The van der Waals surface area contributed by atoms with E-state index < -0.39 is 6.09 Å². The molecule has 0 unspecified atom stereocenters. The van der Waals surface area contributed by atoms with Gasteiger partial charge in [0.1, 0.15) is 0 Å². The Bertz CT molecular complexity index is 620. The number of aryl methyl sites for hydroxylation is 1. The first-order valence-corrected chi connectivity index (χ1v) is 6.39. The van der Waals surface area contributed by atoms with Crippen LogP contribution in [0.4, 0.5) is 16.4 Å². The molecule has 7 nitrogen and oxygen atoms in total. The number of hydrogen-bond acceptors (Lipinski definition) is 4. The molecule has 0 aliphatic carbocycles. The van der Waals surface area contributed by atoms with Crippen molar-refractivity contribution < 1.29 is 9.90 Å². The van der Waals surface area contributed by atoms with Gasteiger partial charge in [-0.3, -0.25) is 0 Å². The number of nitrogens with zero attached hydrogens (tertiary/aromatic N) is 3. The van der Waals surface area contributed by atoms with Crippen LogP contribution in [-0.4, -0.2) is 41.4 Å². The van der Waals surface area contributed by atoms with Gasteiger partial charge < -0.3 is 25.6 Å². The Morgan fingerprint density at radius 1 is 1.50 bits per heavy atom. The number of fused-ring (bicyclic) bond motifs is 1. The van der Waals surface area contributed by atoms with Crippen molar-refractivity contribution in [1.82, 2.24) is 14.9 Å². The summed E-state index contributed by atoms with van der Waals surface area (Å²) in [6.45, 7) is 1.10. The van der Waals surface area contributed by atoms with Crippen LogP contribution >= 0.6 is 0 Å². The maximum absolute atomic E-state index is 10.4. The summed E-state index contributed by atoms with van der Waals surface area (Å²) in [4.78, 5) is 16.9. The Morgan fingerprint density at radius 2 is 2.25 bits per heavy atom. The van der Waals surface area contributed by atoms with Gasteiger partial charge in [-0.25, -0.2) is 9.78 Å². The second-order valence-electron chi connectivity index (χ2n) is 4.79. The molecule has 0 aliphatic heterocycles. The predicted molar refractivity (Wildman–Crippen MR) is 79.1 cm³/mol. The summed E-state index contributed by atoms with van der Waals surface area (Å²) in [5, 5.41) is 10.9. The van der Waals surface area contributed by atoms with Crippen molar-refractivity contribution in [3.8, 4) is 0 Å². The average Bonchev–Trinajstić information content (AvgIpc) is 2.72. The van der Waals surface area contributed by atoms with Crippen LogP contribution in [0.15, 0.2) is 18.2 Å². The quantitative estimate of drug-likeness (QED) is 0.566. The lowest BCUT2D eigenvalue weighted by Crippen LogP contribution is -2.23. The molecule has 1 aromatic heterocycles. The maximum Gasteiger partial charge on any atom is 0.404 e. The Morgan fingerprint density at radius 3 is 2.90 bits per heavy atom. The summed E-state index contributed by atoms with van der Waals surface area (Å²) in [6, 6.07) is 5.62. The lowest BCUT2D eigenvalue weighted by atomic mass is 10.3. The van der Waals surface area contributed by atoms with Crippen molar-refractivity contribution in [1.29, 1.82) is 0 Å². The lowest BCUT2D eigenvalue weighted by molar-refractivity contribution is 0.194. The molecular formula is C13H19N5O2. The minimum Gasteiger partial charge on any atom is -0.465 e. The van der Waals surface area contributed by atoms with Crippen LogP contribution in [0, 0.1) is 0 Å². The van der Waals surface area contributed by atoms with Gasteiger partial charge in [0, 0.05) is 32.9 Å². The third-order valence-corrected chi connectivity index (χ3v) is 2.99. The zero-order valence-electron chi connectivity index (χ0n) is 11.6. The summed E-state index contributed by atoms with van der Waals surface area (Å²) < 4.78 is 2.07. The van der Waals surface area contributed by atoms with Crippen LogP contribution < -0.4 is 16.0 Å². The summed E-state index contributed by atoms with van der Waals surface area (Å²) in [7, 11) is 3.85. The number of carbonyl (C=O) groups is 1. The molecule has 20 heavy (non-hydrogen) atoms. The number of rotatable bonds is 5. The second kappa shape index (κ2) is 5.68. The first kappa shape index (κ1) is 14.0. The van der Waals surface area contributed by atoms with Gasteiger partial charge in [0.15, 0.2) is 0 Å². The molecule has 0 fully saturated rings. The van der Waals surface area contributed by atoms with Crippen molar-refractivity contribution in [3.63, 3.8) is 0 Å². The van der Waals surface area contributed by atoms with Crippen LogP contribution in [0.25, 0.3) is 11.0 Å². The van der Waals surface area contributed by atoms with Gasteiger partial charge in [-0.15, -0.1) is 0 Å². The van der Waals surface area contributed by atoms with E-state index in [9.17, 15) is 4.79 Å². The van der Waals surface area contributed by atoms with Crippen LogP contribution in [0.2, 0.25) is 0 Å².